The molecule has 1 unspecified atom stereocenters. The molecule has 0 radical (unpaired) electrons. The normalized spacial score (nSPS) is 13.8. The van der Waals surface area contributed by atoms with Crippen LogP contribution in [0.5, 0.6) is 0 Å². The summed E-state index contributed by atoms with van der Waals surface area (Å²) in [6, 6.07) is 13.8. The highest BCUT2D eigenvalue weighted by atomic mass is 32.2. The molecule has 0 spiro atoms. The van der Waals surface area contributed by atoms with E-state index >= 15 is 0 Å². The Bertz CT molecular complexity index is 1070. The second-order valence-electron chi connectivity index (χ2n) is 7.28. The molecule has 1 atom stereocenters. The molecule has 0 aliphatic heterocycles. The molecule has 1 aromatic carbocycles. The van der Waals surface area contributed by atoms with Crippen LogP contribution in [0.15, 0.2) is 63.9 Å². The fraction of sp³-hybridized carbons (Fsp3) is 0.238. The minimum absolute atomic E-state index is 0.343. The summed E-state index contributed by atoms with van der Waals surface area (Å²) in [5.41, 5.74) is 2.41. The molecule has 0 aliphatic rings. The highest BCUT2D eigenvalue weighted by molar-refractivity contribution is 7.91. The molecule has 6 heteroatoms. The number of rotatable bonds is 3. The van der Waals surface area contributed by atoms with Crippen LogP contribution < -0.4 is 5.56 Å². The van der Waals surface area contributed by atoms with Gasteiger partial charge in [-0.15, -0.1) is 0 Å². The van der Waals surface area contributed by atoms with Crippen molar-refractivity contribution in [3.8, 4) is 11.1 Å². The second-order valence-corrected chi connectivity index (χ2v) is 9.19. The third kappa shape index (κ3) is 3.96. The Hall–Kier alpha value is -2.44. The van der Waals surface area contributed by atoms with Crippen LogP contribution in [-0.2, 0) is 11.4 Å². The van der Waals surface area contributed by atoms with Gasteiger partial charge < -0.3 is 4.55 Å². The molecular formula is C21H21FN2O2S. The molecule has 0 fully saturated rings. The number of benzene rings is 1. The van der Waals surface area contributed by atoms with Crippen molar-refractivity contribution in [3.05, 3.63) is 76.5 Å². The first kappa shape index (κ1) is 19.3. The number of aromatic nitrogens is 1. The Kier molecular flexibility index (Phi) is 5.22. The van der Waals surface area contributed by atoms with Crippen molar-refractivity contribution in [2.45, 2.75) is 32.4 Å². The molecule has 27 heavy (non-hydrogen) atoms. The van der Waals surface area contributed by atoms with Gasteiger partial charge in [-0.1, -0.05) is 34.7 Å². The topological polar surface area (TPSA) is 56.9 Å². The van der Waals surface area contributed by atoms with Crippen LogP contribution in [-0.4, -0.2) is 19.4 Å². The Morgan fingerprint density at radius 2 is 1.81 bits per heavy atom. The molecule has 0 aliphatic carbocycles. The first-order valence-electron chi connectivity index (χ1n) is 8.56. The zero-order valence-corrected chi connectivity index (χ0v) is 16.5. The Labute approximate surface area is 160 Å². The van der Waals surface area contributed by atoms with Crippen LogP contribution in [0, 0.1) is 5.82 Å². The van der Waals surface area contributed by atoms with Gasteiger partial charge in [0.15, 0.2) is 0 Å². The van der Waals surface area contributed by atoms with Gasteiger partial charge in [0, 0.05) is 17.3 Å². The van der Waals surface area contributed by atoms with E-state index in [1.54, 1.807) is 19.1 Å². The van der Waals surface area contributed by atoms with Gasteiger partial charge in [0.05, 0.1) is 11.3 Å². The summed E-state index contributed by atoms with van der Waals surface area (Å²) in [4.78, 5) is 13.2. The predicted octanol–water partition coefficient (Wildman–Crippen LogP) is 4.38. The number of hydrogen-bond acceptors (Lipinski definition) is 3. The number of hydrogen-bond donors (Lipinski definition) is 0. The number of halogens is 1. The molecule has 0 amide bonds. The Balaban J connectivity index is 2.33. The van der Waals surface area contributed by atoms with E-state index in [2.05, 4.69) is 4.40 Å². The third-order valence-electron chi connectivity index (χ3n) is 4.13. The van der Waals surface area contributed by atoms with Crippen molar-refractivity contribution in [1.82, 2.24) is 4.40 Å². The average molecular weight is 384 g/mol. The molecule has 140 valence electrons. The maximum Gasteiger partial charge on any atom is 0.263 e. The SMILES string of the molecule is CC(=N[S+]([O-])C(C)(C)C)c1cc2ccc(F)cn2c(=O)c1-c1ccccc1. The zero-order valence-electron chi connectivity index (χ0n) is 15.7. The third-order valence-corrected chi connectivity index (χ3v) is 5.62. The van der Waals surface area contributed by atoms with Crippen molar-refractivity contribution < 1.29 is 8.94 Å². The van der Waals surface area contributed by atoms with Crippen molar-refractivity contribution >= 4 is 22.6 Å². The van der Waals surface area contributed by atoms with Crippen molar-refractivity contribution in [3.63, 3.8) is 0 Å². The maximum atomic E-state index is 13.7. The molecule has 2 aromatic heterocycles. The van der Waals surface area contributed by atoms with Gasteiger partial charge in [0.2, 0.25) is 0 Å². The van der Waals surface area contributed by atoms with Gasteiger partial charge in [-0.05, 0) is 51.5 Å². The standard InChI is InChI=1S/C21H21FN2O2S/c1-14(23-27(26)21(2,3)4)18-12-17-11-10-16(22)13-24(17)20(25)19(18)15-8-6-5-7-9-15/h5-13H,1-4H3. The number of pyridine rings is 2. The van der Waals surface area contributed by atoms with Gasteiger partial charge in [-0.25, -0.2) is 4.39 Å². The van der Waals surface area contributed by atoms with E-state index in [9.17, 15) is 13.7 Å². The number of fused-ring (bicyclic) bond motifs is 1. The van der Waals surface area contributed by atoms with Gasteiger partial charge in [0.1, 0.15) is 21.9 Å². The largest absolute Gasteiger partial charge is 0.591 e. The Morgan fingerprint density at radius 1 is 1.15 bits per heavy atom. The van der Waals surface area contributed by atoms with E-state index in [-0.39, 0.29) is 5.56 Å². The average Bonchev–Trinajstić information content (AvgIpc) is 2.62. The van der Waals surface area contributed by atoms with Gasteiger partial charge >= 0.3 is 0 Å². The smallest absolute Gasteiger partial charge is 0.263 e. The second kappa shape index (κ2) is 7.29. The monoisotopic (exact) mass is 384 g/mol. The van der Waals surface area contributed by atoms with E-state index in [1.807, 2.05) is 51.1 Å². The quantitative estimate of drug-likeness (QED) is 0.497. The molecule has 0 bridgehead atoms. The fourth-order valence-corrected chi connectivity index (χ4v) is 3.34. The van der Waals surface area contributed by atoms with Crippen LogP contribution >= 0.6 is 0 Å². The summed E-state index contributed by atoms with van der Waals surface area (Å²) >= 11 is -1.46. The van der Waals surface area contributed by atoms with Crippen LogP contribution in [0.4, 0.5) is 4.39 Å². The van der Waals surface area contributed by atoms with Gasteiger partial charge in [-0.3, -0.25) is 9.20 Å². The van der Waals surface area contributed by atoms with E-state index in [0.29, 0.717) is 27.9 Å². The summed E-state index contributed by atoms with van der Waals surface area (Å²) in [6.45, 7) is 7.27. The van der Waals surface area contributed by atoms with Gasteiger partial charge in [-0.2, -0.15) is 0 Å². The van der Waals surface area contributed by atoms with Crippen LogP contribution in [0.2, 0.25) is 0 Å². The first-order chi connectivity index (χ1) is 12.7. The molecule has 3 aromatic rings. The first-order valence-corrected chi connectivity index (χ1v) is 9.67. The fourth-order valence-electron chi connectivity index (χ4n) is 2.72. The lowest BCUT2D eigenvalue weighted by Gasteiger charge is -2.19. The highest BCUT2D eigenvalue weighted by Gasteiger charge is 2.27. The highest BCUT2D eigenvalue weighted by Crippen LogP contribution is 2.25. The summed E-state index contributed by atoms with van der Waals surface area (Å²) in [5.74, 6) is -0.490. The van der Waals surface area contributed by atoms with Crippen LogP contribution in [0.25, 0.3) is 16.6 Å². The minimum atomic E-state index is -1.46. The van der Waals surface area contributed by atoms with Crippen LogP contribution in [0.1, 0.15) is 33.3 Å². The minimum Gasteiger partial charge on any atom is -0.591 e. The summed E-state index contributed by atoms with van der Waals surface area (Å²) < 4.78 is 31.3. The van der Waals surface area contributed by atoms with Crippen molar-refractivity contribution in [1.29, 1.82) is 0 Å². The molecule has 4 nitrogen and oxygen atoms in total. The zero-order chi connectivity index (χ0) is 19.8. The van der Waals surface area contributed by atoms with Crippen molar-refractivity contribution in [2.24, 2.45) is 4.40 Å². The van der Waals surface area contributed by atoms with Crippen LogP contribution in [0.3, 0.4) is 0 Å². The number of nitrogens with zero attached hydrogens (tertiary/aromatic N) is 2. The lowest BCUT2D eigenvalue weighted by Crippen LogP contribution is -2.27. The Morgan fingerprint density at radius 3 is 2.44 bits per heavy atom. The van der Waals surface area contributed by atoms with E-state index in [0.717, 1.165) is 0 Å². The molecule has 2 heterocycles. The lowest BCUT2D eigenvalue weighted by molar-refractivity contribution is 0.561. The molecule has 0 N–H and O–H groups in total. The molecule has 3 rings (SSSR count). The summed E-state index contributed by atoms with van der Waals surface area (Å²) in [6.07, 6.45) is 1.17. The van der Waals surface area contributed by atoms with Gasteiger partial charge in [0.25, 0.3) is 5.56 Å². The van der Waals surface area contributed by atoms with Crippen molar-refractivity contribution in [2.75, 3.05) is 0 Å². The lowest BCUT2D eigenvalue weighted by atomic mass is 9.98. The van der Waals surface area contributed by atoms with E-state index < -0.39 is 21.9 Å². The summed E-state index contributed by atoms with van der Waals surface area (Å²) in [7, 11) is 0. The molecule has 0 saturated heterocycles. The predicted molar refractivity (Wildman–Crippen MR) is 109 cm³/mol. The molecule has 0 saturated carbocycles. The van der Waals surface area contributed by atoms with E-state index in [1.165, 1.54) is 16.7 Å². The maximum absolute atomic E-state index is 13.7. The summed E-state index contributed by atoms with van der Waals surface area (Å²) in [5, 5.41) is 0. The molecular weight excluding hydrogens is 363 g/mol. The van der Waals surface area contributed by atoms with E-state index in [4.69, 9.17) is 0 Å².